The second-order valence-corrected chi connectivity index (χ2v) is 7.45. The van der Waals surface area contributed by atoms with Gasteiger partial charge in [-0.25, -0.2) is 8.78 Å². The number of ether oxygens (including phenoxy) is 2. The summed E-state index contributed by atoms with van der Waals surface area (Å²) in [6, 6.07) is -0.219. The van der Waals surface area contributed by atoms with Crippen molar-refractivity contribution in [3.05, 3.63) is 23.0 Å². The second-order valence-electron chi connectivity index (χ2n) is 6.64. The average molecular weight is 404 g/mol. The molecule has 2 fully saturated rings. The number of likely N-dealkylation sites (tertiary alicyclic amines) is 1. The molecule has 0 aliphatic carbocycles. The van der Waals surface area contributed by atoms with Gasteiger partial charge in [-0.15, -0.1) is 11.8 Å². The van der Waals surface area contributed by atoms with Crippen LogP contribution in [0.15, 0.2) is 4.90 Å². The largest absolute Gasteiger partial charge is 0.493 e. The Labute approximate surface area is 160 Å². The smallest absolute Gasteiger partial charge is 0.256 e. The fourth-order valence-electron chi connectivity index (χ4n) is 3.77. The van der Waals surface area contributed by atoms with Gasteiger partial charge in [-0.1, -0.05) is 0 Å². The Bertz CT molecular complexity index is 683. The molecular weight excluding hydrogens is 381 g/mol. The molecule has 0 bridgehead atoms. The molecule has 0 aromatic heterocycles. The first-order chi connectivity index (χ1) is 13.0. The third-order valence-corrected chi connectivity index (χ3v) is 5.92. The van der Waals surface area contributed by atoms with Crippen molar-refractivity contribution in [3.63, 3.8) is 0 Å². The number of rotatable bonds is 5. The van der Waals surface area contributed by atoms with Gasteiger partial charge >= 0.3 is 0 Å². The van der Waals surface area contributed by atoms with E-state index in [1.165, 1.54) is 6.26 Å². The molecule has 2 saturated heterocycles. The lowest BCUT2D eigenvalue weighted by Gasteiger charge is -2.38. The van der Waals surface area contributed by atoms with Gasteiger partial charge in [-0.05, 0) is 38.6 Å². The number of nitrogens with zero attached hydrogens (tertiary/aromatic N) is 1. The van der Waals surface area contributed by atoms with E-state index in [0.29, 0.717) is 19.6 Å². The quantitative estimate of drug-likeness (QED) is 0.604. The Kier molecular flexibility index (Phi) is 6.54. The summed E-state index contributed by atoms with van der Waals surface area (Å²) in [4.78, 5) is 14.9. The van der Waals surface area contributed by atoms with Gasteiger partial charge in [-0.3, -0.25) is 9.69 Å². The standard InChI is InChI=1S/C18H23F3N2O3S/c1-25-16-12(17(27-2)15(21)13(19)14(16)20)18(24)22-10-5-8-26-9-11(10)23-6-3-4-7-23/h10-11H,3-9H2,1-2H3,(H,22,24). The summed E-state index contributed by atoms with van der Waals surface area (Å²) in [5.74, 6) is -5.78. The Morgan fingerprint density at radius 3 is 2.56 bits per heavy atom. The van der Waals surface area contributed by atoms with Crippen LogP contribution in [0.3, 0.4) is 0 Å². The highest BCUT2D eigenvalue weighted by Gasteiger charge is 2.36. The predicted molar refractivity (Wildman–Crippen MR) is 95.9 cm³/mol. The number of nitrogens with one attached hydrogen (secondary N) is 1. The molecule has 2 atom stereocenters. The molecule has 2 heterocycles. The maximum absolute atomic E-state index is 14.2. The number of benzene rings is 1. The van der Waals surface area contributed by atoms with Crippen LogP contribution in [0.4, 0.5) is 13.2 Å². The molecule has 0 radical (unpaired) electrons. The van der Waals surface area contributed by atoms with Crippen molar-refractivity contribution in [1.29, 1.82) is 0 Å². The molecule has 27 heavy (non-hydrogen) atoms. The lowest BCUT2D eigenvalue weighted by atomic mass is 10.0. The summed E-state index contributed by atoms with van der Waals surface area (Å²) in [7, 11) is 1.12. The van der Waals surface area contributed by atoms with Gasteiger partial charge in [0.05, 0.1) is 24.7 Å². The van der Waals surface area contributed by atoms with Gasteiger partial charge in [0.2, 0.25) is 5.82 Å². The fraction of sp³-hybridized carbons (Fsp3) is 0.611. The monoisotopic (exact) mass is 404 g/mol. The first-order valence-corrected chi connectivity index (χ1v) is 10.1. The molecule has 3 rings (SSSR count). The molecule has 2 aliphatic heterocycles. The van der Waals surface area contributed by atoms with Crippen LogP contribution in [0.25, 0.3) is 0 Å². The summed E-state index contributed by atoms with van der Waals surface area (Å²) >= 11 is 0.833. The van der Waals surface area contributed by atoms with Crippen LogP contribution >= 0.6 is 11.8 Å². The van der Waals surface area contributed by atoms with Gasteiger partial charge in [0.25, 0.3) is 5.91 Å². The zero-order valence-corrected chi connectivity index (χ0v) is 16.1. The zero-order valence-electron chi connectivity index (χ0n) is 15.3. The maximum Gasteiger partial charge on any atom is 0.256 e. The summed E-state index contributed by atoms with van der Waals surface area (Å²) in [5.41, 5.74) is -0.312. The van der Waals surface area contributed by atoms with E-state index in [1.807, 2.05) is 0 Å². The molecule has 1 aromatic rings. The number of carbonyl (C=O) groups excluding carboxylic acids is 1. The maximum atomic E-state index is 14.2. The third-order valence-electron chi connectivity index (χ3n) is 5.13. The summed E-state index contributed by atoms with van der Waals surface area (Å²) in [6.07, 6.45) is 4.27. The number of methoxy groups -OCH3 is 1. The predicted octanol–water partition coefficient (Wildman–Crippen LogP) is 2.82. The second kappa shape index (κ2) is 8.70. The molecule has 1 aromatic carbocycles. The number of hydrogen-bond acceptors (Lipinski definition) is 5. The van der Waals surface area contributed by atoms with Crippen molar-refractivity contribution in [3.8, 4) is 5.75 Å². The Morgan fingerprint density at radius 1 is 1.22 bits per heavy atom. The topological polar surface area (TPSA) is 50.8 Å². The Balaban J connectivity index is 1.90. The van der Waals surface area contributed by atoms with Gasteiger partial charge in [0.15, 0.2) is 17.4 Å². The summed E-state index contributed by atoms with van der Waals surface area (Å²) < 4.78 is 52.6. The molecular formula is C18H23F3N2O3S. The minimum Gasteiger partial charge on any atom is -0.493 e. The van der Waals surface area contributed by atoms with Crippen molar-refractivity contribution in [2.75, 3.05) is 39.7 Å². The highest BCUT2D eigenvalue weighted by Crippen LogP contribution is 2.36. The third kappa shape index (κ3) is 3.90. The van der Waals surface area contributed by atoms with Gasteiger partial charge in [-0.2, -0.15) is 4.39 Å². The first-order valence-electron chi connectivity index (χ1n) is 8.90. The Hall–Kier alpha value is -1.45. The van der Waals surface area contributed by atoms with Crippen LogP contribution in [0.1, 0.15) is 29.6 Å². The Morgan fingerprint density at radius 2 is 1.93 bits per heavy atom. The van der Waals surface area contributed by atoms with E-state index in [9.17, 15) is 18.0 Å². The van der Waals surface area contributed by atoms with Crippen LogP contribution in [-0.4, -0.2) is 62.6 Å². The van der Waals surface area contributed by atoms with E-state index >= 15 is 0 Å². The molecule has 0 saturated carbocycles. The normalized spacial score (nSPS) is 23.4. The summed E-state index contributed by atoms with van der Waals surface area (Å²) in [5, 5.41) is 2.88. The molecule has 2 aliphatic rings. The number of amides is 1. The van der Waals surface area contributed by atoms with E-state index in [0.717, 1.165) is 44.8 Å². The SMILES string of the molecule is COc1c(F)c(F)c(F)c(SC)c1C(=O)NC1CCOCC1N1CCCC1. The van der Waals surface area contributed by atoms with Crippen molar-refractivity contribution in [1.82, 2.24) is 10.2 Å². The molecule has 0 spiro atoms. The van der Waals surface area contributed by atoms with E-state index in [1.54, 1.807) is 0 Å². The number of halogens is 3. The minimum absolute atomic E-state index is 0.00377. The van der Waals surface area contributed by atoms with Gasteiger partial charge in [0, 0.05) is 12.6 Å². The van der Waals surface area contributed by atoms with Crippen molar-refractivity contribution in [2.45, 2.75) is 36.2 Å². The van der Waals surface area contributed by atoms with Crippen LogP contribution in [0.5, 0.6) is 5.75 Å². The molecule has 2 unspecified atom stereocenters. The average Bonchev–Trinajstić information content (AvgIpc) is 3.21. The molecule has 150 valence electrons. The number of hydrogen-bond donors (Lipinski definition) is 1. The molecule has 9 heteroatoms. The molecule has 5 nitrogen and oxygen atoms in total. The summed E-state index contributed by atoms with van der Waals surface area (Å²) in [6.45, 7) is 2.84. The van der Waals surface area contributed by atoms with Crippen LogP contribution in [0, 0.1) is 17.5 Å². The van der Waals surface area contributed by atoms with Gasteiger partial charge in [0.1, 0.15) is 5.56 Å². The van der Waals surface area contributed by atoms with Crippen LogP contribution in [-0.2, 0) is 4.74 Å². The first kappa shape index (κ1) is 20.3. The van der Waals surface area contributed by atoms with Crippen LogP contribution in [0.2, 0.25) is 0 Å². The van der Waals surface area contributed by atoms with Crippen LogP contribution < -0.4 is 10.1 Å². The molecule has 1 N–H and O–H groups in total. The van der Waals surface area contributed by atoms with Crippen molar-refractivity contribution < 1.29 is 27.4 Å². The number of carbonyl (C=O) groups is 1. The van der Waals surface area contributed by atoms with E-state index in [2.05, 4.69) is 10.2 Å². The van der Waals surface area contributed by atoms with Crippen molar-refractivity contribution >= 4 is 17.7 Å². The minimum atomic E-state index is -1.64. The van der Waals surface area contributed by atoms with E-state index in [4.69, 9.17) is 9.47 Å². The fourth-order valence-corrected chi connectivity index (χ4v) is 4.43. The van der Waals surface area contributed by atoms with Crippen molar-refractivity contribution in [2.24, 2.45) is 0 Å². The zero-order chi connectivity index (χ0) is 19.6. The van der Waals surface area contributed by atoms with Gasteiger partial charge < -0.3 is 14.8 Å². The van der Waals surface area contributed by atoms with E-state index in [-0.39, 0.29) is 22.5 Å². The molecule has 1 amide bonds. The highest BCUT2D eigenvalue weighted by molar-refractivity contribution is 7.98. The van der Waals surface area contributed by atoms with E-state index < -0.39 is 29.1 Å². The lowest BCUT2D eigenvalue weighted by Crippen LogP contribution is -2.56. The lowest BCUT2D eigenvalue weighted by molar-refractivity contribution is 0.00569. The number of thioether (sulfide) groups is 1. The highest BCUT2D eigenvalue weighted by atomic mass is 32.2.